The molecule has 1 aliphatic carbocycles. The van der Waals surface area contributed by atoms with Crippen LogP contribution in [0.4, 0.5) is 13.2 Å². The molecule has 0 amide bonds. The third-order valence-corrected chi connectivity index (χ3v) is 6.87. The minimum Gasteiger partial charge on any atom is -0.494 e. The molecule has 3 aromatic rings. The molecule has 0 aliphatic heterocycles. The highest BCUT2D eigenvalue weighted by atomic mass is 19.2. The maximum atomic E-state index is 15.0. The lowest BCUT2D eigenvalue weighted by Gasteiger charge is -2.28. The Balaban J connectivity index is 1.43. The predicted octanol–water partition coefficient (Wildman–Crippen LogP) is 8.43. The molecule has 0 N–H and O–H groups in total. The molecule has 180 valence electrons. The fraction of sp³-hybridized carbons (Fsp3) is 0.379. The molecular weight excluding hydrogens is 437 g/mol. The molecule has 0 atom stereocenters. The van der Waals surface area contributed by atoms with Crippen molar-refractivity contribution >= 4 is 0 Å². The van der Waals surface area contributed by atoms with Gasteiger partial charge < -0.3 is 9.47 Å². The van der Waals surface area contributed by atoms with Crippen LogP contribution in [-0.4, -0.2) is 6.61 Å². The van der Waals surface area contributed by atoms with E-state index < -0.39 is 17.5 Å². The van der Waals surface area contributed by atoms with E-state index in [0.29, 0.717) is 40.7 Å². The van der Waals surface area contributed by atoms with Crippen LogP contribution < -0.4 is 9.47 Å². The zero-order chi connectivity index (χ0) is 24.1. The molecule has 34 heavy (non-hydrogen) atoms. The standard InChI is InChI=1S/C29H31F3O2/c1-3-19-5-7-20(8-6-19)25-15-16-26(29(32)28(25)31)21-9-12-23(13-10-21)34-18-22-11-14-24(33-4-2)17-27(22)30/h9-17,19-20H,3-8,18H2,1-2H3. The van der Waals surface area contributed by atoms with Crippen LogP contribution in [0.25, 0.3) is 11.1 Å². The lowest BCUT2D eigenvalue weighted by Crippen LogP contribution is -2.14. The van der Waals surface area contributed by atoms with Gasteiger partial charge in [-0.15, -0.1) is 0 Å². The maximum absolute atomic E-state index is 15.0. The number of hydrogen-bond acceptors (Lipinski definition) is 2. The molecule has 3 aromatic carbocycles. The molecule has 4 rings (SSSR count). The van der Waals surface area contributed by atoms with Crippen molar-refractivity contribution in [3.05, 3.63) is 83.2 Å². The number of halogens is 3. The zero-order valence-corrected chi connectivity index (χ0v) is 19.8. The van der Waals surface area contributed by atoms with Crippen molar-refractivity contribution in [2.45, 2.75) is 58.5 Å². The Morgan fingerprint density at radius 3 is 2.12 bits per heavy atom. The number of ether oxygens (including phenoxy) is 2. The molecule has 1 aliphatic rings. The number of rotatable bonds is 8. The van der Waals surface area contributed by atoms with Gasteiger partial charge in [0, 0.05) is 17.2 Å². The molecular formula is C29H31F3O2. The van der Waals surface area contributed by atoms with Gasteiger partial charge in [0.15, 0.2) is 11.6 Å². The molecule has 5 heteroatoms. The second-order valence-electron chi connectivity index (χ2n) is 8.96. The smallest absolute Gasteiger partial charge is 0.166 e. The summed E-state index contributed by atoms with van der Waals surface area (Å²) < 4.78 is 55.1. The fourth-order valence-electron chi connectivity index (χ4n) is 4.78. The Bertz CT molecular complexity index is 1100. The molecule has 0 bridgehead atoms. The van der Waals surface area contributed by atoms with E-state index in [1.807, 2.05) is 6.92 Å². The Morgan fingerprint density at radius 1 is 0.765 bits per heavy atom. The Kier molecular flexibility index (Phi) is 7.81. The van der Waals surface area contributed by atoms with Crippen LogP contribution in [0.2, 0.25) is 0 Å². The first-order valence-corrected chi connectivity index (χ1v) is 12.1. The monoisotopic (exact) mass is 468 g/mol. The summed E-state index contributed by atoms with van der Waals surface area (Å²) in [4.78, 5) is 0. The first-order valence-electron chi connectivity index (χ1n) is 12.1. The maximum Gasteiger partial charge on any atom is 0.166 e. The van der Waals surface area contributed by atoms with Gasteiger partial charge in [0.1, 0.15) is 23.9 Å². The van der Waals surface area contributed by atoms with Crippen LogP contribution in [0.3, 0.4) is 0 Å². The van der Waals surface area contributed by atoms with Crippen LogP contribution in [0.1, 0.15) is 63.0 Å². The van der Waals surface area contributed by atoms with Gasteiger partial charge in [-0.2, -0.15) is 0 Å². The highest BCUT2D eigenvalue weighted by Gasteiger charge is 2.26. The van der Waals surface area contributed by atoms with Gasteiger partial charge >= 0.3 is 0 Å². The molecule has 1 saturated carbocycles. The second-order valence-corrected chi connectivity index (χ2v) is 8.96. The lowest BCUT2D eigenvalue weighted by molar-refractivity contribution is 0.298. The summed E-state index contributed by atoms with van der Waals surface area (Å²) in [5.74, 6) is -0.156. The zero-order valence-electron chi connectivity index (χ0n) is 19.8. The number of hydrogen-bond donors (Lipinski definition) is 0. The molecule has 0 saturated heterocycles. The van der Waals surface area contributed by atoms with Gasteiger partial charge in [-0.1, -0.05) is 37.6 Å². The Hall–Kier alpha value is -2.95. The summed E-state index contributed by atoms with van der Waals surface area (Å²) in [5.41, 5.74) is 1.70. The Labute approximate surface area is 199 Å². The van der Waals surface area contributed by atoms with Gasteiger partial charge in [0.05, 0.1) is 6.61 Å². The highest BCUT2D eigenvalue weighted by Crippen LogP contribution is 2.39. The molecule has 2 nitrogen and oxygen atoms in total. The summed E-state index contributed by atoms with van der Waals surface area (Å²) in [6.45, 7) is 4.55. The first-order chi connectivity index (χ1) is 16.5. The molecule has 0 heterocycles. The van der Waals surface area contributed by atoms with E-state index in [1.54, 1.807) is 48.5 Å². The normalized spacial score (nSPS) is 18.0. The van der Waals surface area contributed by atoms with Gasteiger partial charge in [-0.05, 0) is 79.8 Å². The van der Waals surface area contributed by atoms with Crippen LogP contribution in [0.5, 0.6) is 11.5 Å². The SMILES string of the molecule is CCOc1ccc(COc2ccc(-c3ccc(C4CCC(CC)CC4)c(F)c3F)cc2)c(F)c1. The molecule has 0 aromatic heterocycles. The summed E-state index contributed by atoms with van der Waals surface area (Å²) in [7, 11) is 0. The van der Waals surface area contributed by atoms with Gasteiger partial charge in [0.2, 0.25) is 0 Å². The van der Waals surface area contributed by atoms with E-state index in [2.05, 4.69) is 6.92 Å². The minimum absolute atomic E-state index is 0.0511. The topological polar surface area (TPSA) is 18.5 Å². The van der Waals surface area contributed by atoms with Crippen molar-refractivity contribution in [2.24, 2.45) is 5.92 Å². The third kappa shape index (κ3) is 5.40. The number of benzene rings is 3. The summed E-state index contributed by atoms with van der Waals surface area (Å²) in [5, 5.41) is 0. The van der Waals surface area contributed by atoms with Gasteiger partial charge in [-0.3, -0.25) is 0 Å². The quantitative estimate of drug-likeness (QED) is 0.330. The summed E-state index contributed by atoms with van der Waals surface area (Å²) >= 11 is 0. The fourth-order valence-corrected chi connectivity index (χ4v) is 4.78. The van der Waals surface area contributed by atoms with E-state index in [0.717, 1.165) is 32.1 Å². The molecule has 0 radical (unpaired) electrons. The van der Waals surface area contributed by atoms with Crippen molar-refractivity contribution in [3.63, 3.8) is 0 Å². The largest absolute Gasteiger partial charge is 0.494 e. The molecule has 0 spiro atoms. The first kappa shape index (κ1) is 24.2. The van der Waals surface area contributed by atoms with Crippen LogP contribution >= 0.6 is 0 Å². The van der Waals surface area contributed by atoms with Crippen molar-refractivity contribution in [3.8, 4) is 22.6 Å². The van der Waals surface area contributed by atoms with E-state index in [-0.39, 0.29) is 18.1 Å². The highest BCUT2D eigenvalue weighted by molar-refractivity contribution is 5.65. The molecule has 1 fully saturated rings. The van der Waals surface area contributed by atoms with Crippen molar-refractivity contribution < 1.29 is 22.6 Å². The van der Waals surface area contributed by atoms with Crippen molar-refractivity contribution in [1.29, 1.82) is 0 Å². The van der Waals surface area contributed by atoms with Crippen LogP contribution in [0, 0.1) is 23.4 Å². The van der Waals surface area contributed by atoms with E-state index in [9.17, 15) is 13.2 Å². The summed E-state index contributed by atoms with van der Waals surface area (Å²) in [6.07, 6.45) is 5.12. The second kappa shape index (κ2) is 11.0. The minimum atomic E-state index is -0.805. The van der Waals surface area contributed by atoms with E-state index >= 15 is 0 Å². The predicted molar refractivity (Wildman–Crippen MR) is 129 cm³/mol. The Morgan fingerprint density at radius 2 is 1.47 bits per heavy atom. The van der Waals surface area contributed by atoms with Crippen molar-refractivity contribution in [1.82, 2.24) is 0 Å². The van der Waals surface area contributed by atoms with Gasteiger partial charge in [-0.25, -0.2) is 13.2 Å². The summed E-state index contributed by atoms with van der Waals surface area (Å²) in [6, 6.07) is 14.8. The lowest BCUT2D eigenvalue weighted by atomic mass is 9.77. The van der Waals surface area contributed by atoms with E-state index in [1.165, 1.54) is 6.07 Å². The van der Waals surface area contributed by atoms with Crippen molar-refractivity contribution in [2.75, 3.05) is 6.61 Å². The van der Waals surface area contributed by atoms with Crippen LogP contribution in [-0.2, 0) is 6.61 Å². The van der Waals surface area contributed by atoms with Crippen LogP contribution in [0.15, 0.2) is 54.6 Å². The third-order valence-electron chi connectivity index (χ3n) is 6.87. The average molecular weight is 469 g/mol. The van der Waals surface area contributed by atoms with E-state index in [4.69, 9.17) is 9.47 Å². The van der Waals surface area contributed by atoms with Gasteiger partial charge in [0.25, 0.3) is 0 Å². The molecule has 0 unspecified atom stereocenters. The average Bonchev–Trinajstić information content (AvgIpc) is 2.86.